The number of carboxylic acids is 1. The quantitative estimate of drug-likeness (QED) is 0.912. The van der Waals surface area contributed by atoms with Crippen molar-refractivity contribution < 1.29 is 23.1 Å². The van der Waals surface area contributed by atoms with E-state index in [1.54, 1.807) is 26.0 Å². The average Bonchev–Trinajstić information content (AvgIpc) is 2.71. The number of carbonyl (C=O) groups is 1. The lowest BCUT2D eigenvalue weighted by Crippen LogP contribution is -2.14. The maximum Gasteiger partial charge on any atom is 0.304 e. The topological polar surface area (TPSA) is 80.7 Å². The van der Waals surface area contributed by atoms with Gasteiger partial charge in [-0.05, 0) is 32.0 Å². The van der Waals surface area contributed by atoms with Gasteiger partial charge in [0.1, 0.15) is 5.75 Å². The molecule has 1 heterocycles. The van der Waals surface area contributed by atoms with E-state index in [4.69, 9.17) is 9.84 Å². The van der Waals surface area contributed by atoms with Crippen LogP contribution in [0.25, 0.3) is 0 Å². The lowest BCUT2D eigenvalue weighted by atomic mass is 9.98. The van der Waals surface area contributed by atoms with E-state index in [1.807, 2.05) is 0 Å². The zero-order chi connectivity index (χ0) is 14.2. The molecule has 0 radical (unpaired) electrons. The fourth-order valence-electron chi connectivity index (χ4n) is 2.09. The predicted molar refractivity (Wildman–Crippen MR) is 69.3 cm³/mol. The van der Waals surface area contributed by atoms with Crippen LogP contribution in [0.2, 0.25) is 0 Å². The molecular weight excluding hydrogens is 268 g/mol. The molecule has 6 heteroatoms. The van der Waals surface area contributed by atoms with Crippen LogP contribution >= 0.6 is 0 Å². The Bertz CT molecular complexity index is 603. The lowest BCUT2D eigenvalue weighted by Gasteiger charge is -2.10. The number of carboxylic acid groups (broad SMARTS) is 1. The highest BCUT2D eigenvalue weighted by atomic mass is 32.2. The second kappa shape index (κ2) is 4.85. The van der Waals surface area contributed by atoms with Crippen molar-refractivity contribution in [3.63, 3.8) is 0 Å². The number of ether oxygens (including phenoxy) is 1. The monoisotopic (exact) mass is 284 g/mol. The third-order valence-corrected chi connectivity index (χ3v) is 5.38. The minimum Gasteiger partial charge on any atom is -0.493 e. The van der Waals surface area contributed by atoms with Gasteiger partial charge >= 0.3 is 5.97 Å². The summed E-state index contributed by atoms with van der Waals surface area (Å²) in [5.74, 6) is -0.623. The molecule has 1 aliphatic rings. The molecule has 0 fully saturated rings. The molecule has 1 atom stereocenters. The third-order valence-electron chi connectivity index (χ3n) is 3.23. The van der Waals surface area contributed by atoms with E-state index in [9.17, 15) is 13.2 Å². The summed E-state index contributed by atoms with van der Waals surface area (Å²) in [7, 11) is -3.35. The van der Waals surface area contributed by atoms with Gasteiger partial charge in [-0.1, -0.05) is 0 Å². The zero-order valence-electron chi connectivity index (χ0n) is 10.8. The van der Waals surface area contributed by atoms with E-state index in [2.05, 4.69) is 0 Å². The summed E-state index contributed by atoms with van der Waals surface area (Å²) < 4.78 is 29.6. The minimum atomic E-state index is -3.35. The van der Waals surface area contributed by atoms with E-state index in [-0.39, 0.29) is 23.8 Å². The Hall–Kier alpha value is -1.56. The van der Waals surface area contributed by atoms with Crippen LogP contribution in [0.5, 0.6) is 5.75 Å². The first-order chi connectivity index (χ1) is 8.82. The smallest absolute Gasteiger partial charge is 0.304 e. The fraction of sp³-hybridized carbons (Fsp3) is 0.462. The molecule has 1 aliphatic heterocycles. The molecule has 2 rings (SSSR count). The molecule has 0 amide bonds. The summed E-state index contributed by atoms with van der Waals surface area (Å²) in [4.78, 5) is 11.0. The van der Waals surface area contributed by atoms with Gasteiger partial charge in [0.15, 0.2) is 9.84 Å². The summed E-state index contributed by atoms with van der Waals surface area (Å²) in [5.41, 5.74) is 0.670. The standard InChI is InChI=1S/C13H16O5S/c1-8(2)19(16,17)10-3-4-12-11(6-10)9(7-18-12)5-13(14)15/h3-4,6,8-9H,5,7H2,1-2H3,(H,14,15). The van der Waals surface area contributed by atoms with Crippen LogP contribution < -0.4 is 4.74 Å². The Balaban J connectivity index is 2.41. The highest BCUT2D eigenvalue weighted by Gasteiger charge is 2.29. The average molecular weight is 284 g/mol. The van der Waals surface area contributed by atoms with E-state index >= 15 is 0 Å². The van der Waals surface area contributed by atoms with Crippen LogP contribution in [0, 0.1) is 0 Å². The van der Waals surface area contributed by atoms with E-state index in [1.165, 1.54) is 6.07 Å². The highest BCUT2D eigenvalue weighted by molar-refractivity contribution is 7.92. The summed E-state index contributed by atoms with van der Waals surface area (Å²) in [6.07, 6.45) is -0.0574. The van der Waals surface area contributed by atoms with Gasteiger partial charge in [-0.25, -0.2) is 8.42 Å². The first-order valence-corrected chi connectivity index (χ1v) is 7.59. The molecule has 0 saturated heterocycles. The molecule has 1 N–H and O–H groups in total. The molecule has 0 saturated carbocycles. The Morgan fingerprint density at radius 3 is 2.74 bits per heavy atom. The second-order valence-electron chi connectivity index (χ2n) is 4.90. The van der Waals surface area contributed by atoms with Crippen molar-refractivity contribution in [2.24, 2.45) is 0 Å². The van der Waals surface area contributed by atoms with Crippen molar-refractivity contribution in [1.82, 2.24) is 0 Å². The number of sulfone groups is 1. The van der Waals surface area contributed by atoms with Crippen molar-refractivity contribution in [1.29, 1.82) is 0 Å². The van der Waals surface area contributed by atoms with Crippen molar-refractivity contribution >= 4 is 15.8 Å². The number of hydrogen-bond donors (Lipinski definition) is 1. The maximum atomic E-state index is 12.1. The largest absolute Gasteiger partial charge is 0.493 e. The minimum absolute atomic E-state index is 0.0574. The van der Waals surface area contributed by atoms with Gasteiger partial charge in [0.05, 0.1) is 23.2 Å². The van der Waals surface area contributed by atoms with E-state index < -0.39 is 21.1 Å². The molecule has 1 aromatic carbocycles. The molecule has 0 bridgehead atoms. The Kier molecular flexibility index (Phi) is 3.54. The van der Waals surface area contributed by atoms with Gasteiger partial charge in [-0.3, -0.25) is 4.79 Å². The fourth-order valence-corrected chi connectivity index (χ4v) is 3.18. The number of rotatable bonds is 4. The van der Waals surface area contributed by atoms with Gasteiger partial charge in [-0.2, -0.15) is 0 Å². The molecular formula is C13H16O5S. The van der Waals surface area contributed by atoms with Gasteiger partial charge in [0.25, 0.3) is 0 Å². The van der Waals surface area contributed by atoms with Gasteiger partial charge in [-0.15, -0.1) is 0 Å². The first kappa shape index (κ1) is 13.9. The molecule has 5 nitrogen and oxygen atoms in total. The molecule has 1 aromatic rings. The zero-order valence-corrected chi connectivity index (χ0v) is 11.6. The van der Waals surface area contributed by atoms with Crippen LogP contribution in [0.3, 0.4) is 0 Å². The van der Waals surface area contributed by atoms with Crippen LogP contribution in [0.4, 0.5) is 0 Å². The summed E-state index contributed by atoms with van der Waals surface area (Å²) in [6, 6.07) is 4.66. The van der Waals surface area contributed by atoms with E-state index in [0.717, 1.165) is 0 Å². The summed E-state index contributed by atoms with van der Waals surface area (Å²) in [6.45, 7) is 3.52. The molecule has 0 aromatic heterocycles. The van der Waals surface area contributed by atoms with Crippen molar-refractivity contribution in [2.75, 3.05) is 6.61 Å². The highest BCUT2D eigenvalue weighted by Crippen LogP contribution is 2.37. The van der Waals surface area contributed by atoms with Crippen molar-refractivity contribution in [3.8, 4) is 5.75 Å². The van der Waals surface area contributed by atoms with Gasteiger partial charge < -0.3 is 9.84 Å². The van der Waals surface area contributed by atoms with Gasteiger partial charge in [0, 0.05) is 11.5 Å². The lowest BCUT2D eigenvalue weighted by molar-refractivity contribution is -0.137. The molecule has 19 heavy (non-hydrogen) atoms. The van der Waals surface area contributed by atoms with E-state index in [0.29, 0.717) is 11.3 Å². The normalized spacial score (nSPS) is 18.2. The second-order valence-corrected chi connectivity index (χ2v) is 7.40. The number of hydrogen-bond acceptors (Lipinski definition) is 4. The Morgan fingerprint density at radius 1 is 1.47 bits per heavy atom. The van der Waals surface area contributed by atoms with Crippen molar-refractivity contribution in [2.45, 2.75) is 36.3 Å². The SMILES string of the molecule is CC(C)S(=O)(=O)c1ccc2c(c1)C(CC(=O)O)CO2. The molecule has 0 spiro atoms. The molecule has 0 aliphatic carbocycles. The Morgan fingerprint density at radius 2 is 2.16 bits per heavy atom. The third kappa shape index (κ3) is 2.58. The van der Waals surface area contributed by atoms with Crippen LogP contribution in [0.1, 0.15) is 31.7 Å². The summed E-state index contributed by atoms with van der Waals surface area (Å²) in [5, 5.41) is 8.33. The molecule has 1 unspecified atom stereocenters. The first-order valence-electron chi connectivity index (χ1n) is 6.05. The predicted octanol–water partition coefficient (Wildman–Crippen LogP) is 1.82. The van der Waals surface area contributed by atoms with Crippen LogP contribution in [-0.2, 0) is 14.6 Å². The Labute approximate surface area is 112 Å². The number of aliphatic carboxylic acids is 1. The number of benzene rings is 1. The summed E-state index contributed by atoms with van der Waals surface area (Å²) >= 11 is 0. The number of fused-ring (bicyclic) bond motifs is 1. The van der Waals surface area contributed by atoms with Crippen LogP contribution in [0.15, 0.2) is 23.1 Å². The van der Waals surface area contributed by atoms with Crippen LogP contribution in [-0.4, -0.2) is 31.4 Å². The molecule has 104 valence electrons. The van der Waals surface area contributed by atoms with Gasteiger partial charge in [0.2, 0.25) is 0 Å². The maximum absolute atomic E-state index is 12.1. The van der Waals surface area contributed by atoms with Crippen molar-refractivity contribution in [3.05, 3.63) is 23.8 Å².